The Morgan fingerprint density at radius 3 is 2.81 bits per heavy atom. The van der Waals surface area contributed by atoms with Gasteiger partial charge < -0.3 is 10.6 Å². The van der Waals surface area contributed by atoms with E-state index in [9.17, 15) is 9.59 Å². The highest BCUT2D eigenvalue weighted by Crippen LogP contribution is 2.24. The summed E-state index contributed by atoms with van der Waals surface area (Å²) < 4.78 is 0. The van der Waals surface area contributed by atoms with E-state index in [-0.39, 0.29) is 23.5 Å². The lowest BCUT2D eigenvalue weighted by molar-refractivity contribution is -0.125. The lowest BCUT2D eigenvalue weighted by Crippen LogP contribution is -2.32. The van der Waals surface area contributed by atoms with Crippen molar-refractivity contribution in [3.63, 3.8) is 0 Å². The van der Waals surface area contributed by atoms with Gasteiger partial charge in [0.25, 0.3) is 0 Å². The summed E-state index contributed by atoms with van der Waals surface area (Å²) in [6.07, 6.45) is 2.33. The zero-order chi connectivity index (χ0) is 14.7. The number of amides is 2. The molecule has 1 aliphatic carbocycles. The van der Waals surface area contributed by atoms with Crippen LogP contribution in [-0.2, 0) is 16.1 Å². The van der Waals surface area contributed by atoms with Crippen LogP contribution in [0.15, 0.2) is 35.3 Å². The van der Waals surface area contributed by atoms with Crippen molar-refractivity contribution in [1.29, 1.82) is 0 Å². The third-order valence-corrected chi connectivity index (χ3v) is 4.46. The second-order valence-corrected chi connectivity index (χ2v) is 6.44. The number of benzene rings is 1. The van der Waals surface area contributed by atoms with Gasteiger partial charge in [-0.2, -0.15) is 0 Å². The number of aliphatic imine (C=N–C) groups is 1. The maximum atomic E-state index is 11.8. The number of carbonyl (C=O) groups is 2. The number of nitrogens with zero attached hydrogens (tertiary/aromatic N) is 1. The van der Waals surface area contributed by atoms with E-state index in [1.807, 2.05) is 30.3 Å². The number of hydrogen-bond acceptors (Lipinski definition) is 4. The van der Waals surface area contributed by atoms with E-state index in [1.54, 1.807) is 0 Å². The topological polar surface area (TPSA) is 70.6 Å². The molecule has 5 nitrogen and oxygen atoms in total. The first-order valence-corrected chi connectivity index (χ1v) is 7.94. The number of nitrogens with one attached hydrogen (secondary N) is 2. The summed E-state index contributed by atoms with van der Waals surface area (Å²) in [5, 5.41) is 5.89. The molecule has 110 valence electrons. The predicted octanol–water partition coefficient (Wildman–Crippen LogP) is 1.44. The maximum Gasteiger partial charge on any atom is 0.240 e. The van der Waals surface area contributed by atoms with E-state index in [4.69, 9.17) is 0 Å². The molecule has 2 fully saturated rings. The van der Waals surface area contributed by atoms with Crippen molar-refractivity contribution in [2.45, 2.75) is 37.1 Å². The molecule has 2 N–H and O–H groups in total. The molecular weight excluding hydrogens is 286 g/mol. The fraction of sp³-hybridized carbons (Fsp3) is 0.400. The van der Waals surface area contributed by atoms with Gasteiger partial charge in [-0.15, -0.1) is 0 Å². The number of hydrogen-bond donors (Lipinski definition) is 2. The van der Waals surface area contributed by atoms with E-state index < -0.39 is 0 Å². The minimum Gasteiger partial charge on any atom is -0.353 e. The normalized spacial score (nSPS) is 23.1. The number of carbonyl (C=O) groups excluding carboxylic acids is 2. The molecule has 1 aliphatic heterocycles. The summed E-state index contributed by atoms with van der Waals surface area (Å²) in [7, 11) is 0. The number of rotatable bonds is 5. The van der Waals surface area contributed by atoms with E-state index in [2.05, 4.69) is 15.6 Å². The van der Waals surface area contributed by atoms with Crippen LogP contribution in [0.1, 0.15) is 24.8 Å². The van der Waals surface area contributed by atoms with Gasteiger partial charge in [0.1, 0.15) is 5.25 Å². The molecular formula is C15H17N3O2S. The highest BCUT2D eigenvalue weighted by Gasteiger charge is 2.33. The fourth-order valence-corrected chi connectivity index (χ4v) is 3.01. The van der Waals surface area contributed by atoms with Crippen LogP contribution in [0, 0.1) is 0 Å². The molecule has 6 heteroatoms. The molecule has 1 heterocycles. The highest BCUT2D eigenvalue weighted by atomic mass is 32.2. The Morgan fingerprint density at radius 2 is 2.10 bits per heavy atom. The highest BCUT2D eigenvalue weighted by molar-refractivity contribution is 8.15. The molecule has 2 aliphatic rings. The summed E-state index contributed by atoms with van der Waals surface area (Å²) in [5.74, 6) is -0.174. The van der Waals surface area contributed by atoms with E-state index in [0.29, 0.717) is 17.8 Å². The van der Waals surface area contributed by atoms with Crippen LogP contribution in [0.2, 0.25) is 0 Å². The molecule has 0 aromatic heterocycles. The van der Waals surface area contributed by atoms with Gasteiger partial charge in [0, 0.05) is 12.5 Å². The average Bonchev–Trinajstić information content (AvgIpc) is 3.22. The van der Waals surface area contributed by atoms with Gasteiger partial charge in [-0.05, 0) is 18.4 Å². The van der Waals surface area contributed by atoms with Crippen LogP contribution < -0.4 is 10.6 Å². The lowest BCUT2D eigenvalue weighted by Gasteiger charge is -2.05. The second-order valence-electron chi connectivity index (χ2n) is 5.25. The third kappa shape index (κ3) is 4.07. The molecule has 1 atom stereocenters. The molecule has 3 rings (SSSR count). The Balaban J connectivity index is 1.52. The fourth-order valence-electron chi connectivity index (χ4n) is 2.04. The smallest absolute Gasteiger partial charge is 0.240 e. The summed E-state index contributed by atoms with van der Waals surface area (Å²) in [6.45, 7) is 0.532. The molecule has 21 heavy (non-hydrogen) atoms. The first-order chi connectivity index (χ1) is 10.2. The average molecular weight is 303 g/mol. The van der Waals surface area contributed by atoms with Crippen molar-refractivity contribution >= 4 is 28.7 Å². The molecule has 1 unspecified atom stereocenters. The Hall–Kier alpha value is -1.82. The number of thioether (sulfide) groups is 1. The molecule has 1 aromatic rings. The van der Waals surface area contributed by atoms with Crippen LogP contribution in [0.4, 0.5) is 0 Å². The Labute approximate surface area is 127 Å². The third-order valence-electron chi connectivity index (χ3n) is 3.34. The van der Waals surface area contributed by atoms with Crippen molar-refractivity contribution in [1.82, 2.24) is 10.6 Å². The van der Waals surface area contributed by atoms with Gasteiger partial charge in [0.05, 0.1) is 6.54 Å². The first-order valence-electron chi connectivity index (χ1n) is 7.06. The molecule has 2 amide bonds. The summed E-state index contributed by atoms with van der Waals surface area (Å²) in [6, 6.07) is 10.2. The van der Waals surface area contributed by atoms with Crippen LogP contribution in [0.25, 0.3) is 0 Å². The van der Waals surface area contributed by atoms with Gasteiger partial charge in [0.15, 0.2) is 5.17 Å². The maximum absolute atomic E-state index is 11.8. The molecule has 1 aromatic carbocycles. The van der Waals surface area contributed by atoms with Gasteiger partial charge in [-0.3, -0.25) is 14.6 Å². The monoisotopic (exact) mass is 303 g/mol. The first kappa shape index (κ1) is 14.1. The van der Waals surface area contributed by atoms with Crippen LogP contribution in [0.3, 0.4) is 0 Å². The Bertz CT molecular complexity index is 570. The predicted molar refractivity (Wildman–Crippen MR) is 82.9 cm³/mol. The van der Waals surface area contributed by atoms with Crippen LogP contribution in [-0.4, -0.2) is 28.3 Å². The molecule has 1 saturated carbocycles. The van der Waals surface area contributed by atoms with Gasteiger partial charge in [-0.1, -0.05) is 42.1 Å². The van der Waals surface area contributed by atoms with Gasteiger partial charge >= 0.3 is 0 Å². The van der Waals surface area contributed by atoms with Crippen molar-refractivity contribution in [3.8, 4) is 0 Å². The van der Waals surface area contributed by atoms with Crippen LogP contribution >= 0.6 is 11.8 Å². The minimum atomic E-state index is -0.363. The summed E-state index contributed by atoms with van der Waals surface area (Å²) in [5.41, 5.74) is 1.09. The van der Waals surface area contributed by atoms with Crippen molar-refractivity contribution in [3.05, 3.63) is 35.9 Å². The molecule has 0 spiro atoms. The van der Waals surface area contributed by atoms with Crippen molar-refractivity contribution in [2.24, 2.45) is 4.99 Å². The molecule has 1 saturated heterocycles. The van der Waals surface area contributed by atoms with Crippen molar-refractivity contribution < 1.29 is 9.59 Å². The largest absolute Gasteiger partial charge is 0.353 e. The zero-order valence-corrected chi connectivity index (χ0v) is 12.4. The molecule has 0 radical (unpaired) electrons. The molecule has 0 bridgehead atoms. The van der Waals surface area contributed by atoms with Crippen LogP contribution in [0.5, 0.6) is 0 Å². The van der Waals surface area contributed by atoms with Crippen molar-refractivity contribution in [2.75, 3.05) is 0 Å². The Kier molecular flexibility index (Phi) is 4.24. The van der Waals surface area contributed by atoms with Gasteiger partial charge in [0.2, 0.25) is 11.8 Å². The van der Waals surface area contributed by atoms with E-state index >= 15 is 0 Å². The number of amidine groups is 1. The lowest BCUT2D eigenvalue weighted by atomic mass is 10.2. The van der Waals surface area contributed by atoms with E-state index in [1.165, 1.54) is 11.8 Å². The summed E-state index contributed by atoms with van der Waals surface area (Å²) >= 11 is 1.34. The quantitative estimate of drug-likeness (QED) is 0.865. The standard InChI is InChI=1S/C15H17N3O2S/c19-13(17-11-6-7-11)8-12-14(20)18-15(21-12)16-9-10-4-2-1-3-5-10/h1-5,11-12H,6-9H2,(H,17,19)(H,16,18,20). The second kappa shape index (κ2) is 6.30. The Morgan fingerprint density at radius 1 is 1.33 bits per heavy atom. The SMILES string of the molecule is O=C(CC1SC(=NCc2ccccc2)NC1=O)NC1CC1. The summed E-state index contributed by atoms with van der Waals surface area (Å²) in [4.78, 5) is 28.0. The van der Waals surface area contributed by atoms with Gasteiger partial charge in [-0.25, -0.2) is 0 Å². The van der Waals surface area contributed by atoms with E-state index in [0.717, 1.165) is 18.4 Å². The zero-order valence-electron chi connectivity index (χ0n) is 11.5. The minimum absolute atomic E-state index is 0.0468.